The minimum atomic E-state index is -0.410. The third-order valence-electron chi connectivity index (χ3n) is 3.07. The predicted molar refractivity (Wildman–Crippen MR) is 85.0 cm³/mol. The van der Waals surface area contributed by atoms with E-state index in [1.165, 1.54) is 12.1 Å². The number of aryl methyl sites for hydroxylation is 1. The first kappa shape index (κ1) is 15.4. The van der Waals surface area contributed by atoms with Gasteiger partial charge in [-0.1, -0.05) is 6.07 Å². The van der Waals surface area contributed by atoms with Gasteiger partial charge in [-0.15, -0.1) is 0 Å². The molecule has 0 amide bonds. The van der Waals surface area contributed by atoms with Gasteiger partial charge >= 0.3 is 0 Å². The van der Waals surface area contributed by atoms with Crippen LogP contribution in [0.1, 0.15) is 24.1 Å². The summed E-state index contributed by atoms with van der Waals surface area (Å²) in [6.45, 7) is 3.34. The maximum absolute atomic E-state index is 14.0. The van der Waals surface area contributed by atoms with Crippen LogP contribution >= 0.6 is 31.9 Å². The van der Waals surface area contributed by atoms with Crippen LogP contribution in [0.5, 0.6) is 0 Å². The van der Waals surface area contributed by atoms with Crippen LogP contribution in [0, 0.1) is 18.6 Å². The van der Waals surface area contributed by atoms with Crippen molar-refractivity contribution in [2.75, 3.05) is 5.32 Å². The van der Waals surface area contributed by atoms with E-state index in [-0.39, 0.29) is 6.04 Å². The van der Waals surface area contributed by atoms with Crippen molar-refractivity contribution in [1.82, 2.24) is 0 Å². The van der Waals surface area contributed by atoms with Gasteiger partial charge < -0.3 is 5.32 Å². The first-order chi connectivity index (χ1) is 9.40. The molecule has 0 aliphatic rings. The molecule has 0 radical (unpaired) electrons. The fourth-order valence-corrected chi connectivity index (χ4v) is 3.15. The SMILES string of the molecule is Cc1cc(F)c(C(C)Nc2c(Br)cccc2Br)cc1F. The van der Waals surface area contributed by atoms with Gasteiger partial charge in [-0.25, -0.2) is 8.78 Å². The Morgan fingerprint density at radius 2 is 1.65 bits per heavy atom. The zero-order valence-corrected chi connectivity index (χ0v) is 14.1. The number of halogens is 4. The summed E-state index contributed by atoms with van der Waals surface area (Å²) >= 11 is 6.86. The van der Waals surface area contributed by atoms with E-state index in [4.69, 9.17) is 0 Å². The standard InChI is InChI=1S/C15H13Br2F2N/c1-8-6-14(19)10(7-13(8)18)9(2)20-15-11(16)4-3-5-12(15)17/h3-7,9,20H,1-2H3. The molecule has 0 heterocycles. The molecule has 0 aromatic heterocycles. The average Bonchev–Trinajstić information content (AvgIpc) is 2.38. The highest BCUT2D eigenvalue weighted by Crippen LogP contribution is 2.34. The summed E-state index contributed by atoms with van der Waals surface area (Å²) in [6, 6.07) is 7.75. The van der Waals surface area contributed by atoms with E-state index in [9.17, 15) is 8.78 Å². The number of nitrogens with one attached hydrogen (secondary N) is 1. The predicted octanol–water partition coefficient (Wildman–Crippen LogP) is 5.97. The van der Waals surface area contributed by atoms with Gasteiger partial charge in [0.2, 0.25) is 0 Å². The van der Waals surface area contributed by atoms with Crippen molar-refractivity contribution >= 4 is 37.5 Å². The Morgan fingerprint density at radius 3 is 2.25 bits per heavy atom. The Bertz CT molecular complexity index is 624. The number of hydrogen-bond donors (Lipinski definition) is 1. The minimum Gasteiger partial charge on any atom is -0.377 e. The topological polar surface area (TPSA) is 12.0 Å². The molecule has 1 unspecified atom stereocenters. The van der Waals surface area contributed by atoms with Crippen molar-refractivity contribution in [2.45, 2.75) is 19.9 Å². The molecule has 5 heteroatoms. The average molecular weight is 405 g/mol. The van der Waals surface area contributed by atoms with E-state index >= 15 is 0 Å². The second-order valence-corrected chi connectivity index (χ2v) is 6.29. The molecule has 0 saturated heterocycles. The van der Waals surface area contributed by atoms with Crippen LogP contribution in [-0.4, -0.2) is 0 Å². The zero-order valence-electron chi connectivity index (χ0n) is 11.0. The van der Waals surface area contributed by atoms with Gasteiger partial charge in [-0.2, -0.15) is 0 Å². The molecule has 2 aromatic carbocycles. The van der Waals surface area contributed by atoms with Gasteiger partial charge in [0.1, 0.15) is 11.6 Å². The lowest BCUT2D eigenvalue weighted by atomic mass is 10.0. The lowest BCUT2D eigenvalue weighted by molar-refractivity contribution is 0.571. The van der Waals surface area contributed by atoms with Crippen LogP contribution in [0.2, 0.25) is 0 Å². The van der Waals surface area contributed by atoms with Gasteiger partial charge in [0.15, 0.2) is 0 Å². The summed E-state index contributed by atoms with van der Waals surface area (Å²) in [7, 11) is 0. The van der Waals surface area contributed by atoms with Crippen molar-refractivity contribution in [3.63, 3.8) is 0 Å². The van der Waals surface area contributed by atoms with E-state index in [1.807, 2.05) is 18.2 Å². The molecule has 0 bridgehead atoms. The van der Waals surface area contributed by atoms with Crippen LogP contribution in [0.15, 0.2) is 39.3 Å². The maximum atomic E-state index is 14.0. The quantitative estimate of drug-likeness (QED) is 0.664. The van der Waals surface area contributed by atoms with Gasteiger partial charge in [-0.05, 0) is 75.5 Å². The zero-order chi connectivity index (χ0) is 14.9. The maximum Gasteiger partial charge on any atom is 0.128 e. The van der Waals surface area contributed by atoms with E-state index in [1.54, 1.807) is 13.8 Å². The van der Waals surface area contributed by atoms with Gasteiger partial charge in [-0.3, -0.25) is 0 Å². The molecular weight excluding hydrogens is 392 g/mol. The van der Waals surface area contributed by atoms with Crippen LogP contribution in [0.25, 0.3) is 0 Å². The highest BCUT2D eigenvalue weighted by Gasteiger charge is 2.15. The van der Waals surface area contributed by atoms with Gasteiger partial charge in [0.25, 0.3) is 0 Å². The van der Waals surface area contributed by atoms with Crippen LogP contribution in [0.3, 0.4) is 0 Å². The molecule has 0 fully saturated rings. The van der Waals surface area contributed by atoms with Crippen molar-refractivity contribution in [2.24, 2.45) is 0 Å². The smallest absolute Gasteiger partial charge is 0.128 e. The normalized spacial score (nSPS) is 12.3. The second-order valence-electron chi connectivity index (χ2n) is 4.59. The summed E-state index contributed by atoms with van der Waals surface area (Å²) in [4.78, 5) is 0. The molecule has 2 aromatic rings. The molecule has 106 valence electrons. The first-order valence-corrected chi connectivity index (χ1v) is 7.65. The Hall–Kier alpha value is -0.940. The molecule has 0 spiro atoms. The summed E-state index contributed by atoms with van der Waals surface area (Å²) in [6.07, 6.45) is 0. The summed E-state index contributed by atoms with van der Waals surface area (Å²) in [5, 5.41) is 3.18. The molecule has 20 heavy (non-hydrogen) atoms. The number of para-hydroxylation sites is 1. The Kier molecular flexibility index (Phi) is 4.81. The van der Waals surface area contributed by atoms with E-state index in [0.29, 0.717) is 11.1 Å². The molecule has 0 aliphatic heterocycles. The van der Waals surface area contributed by atoms with Crippen molar-refractivity contribution < 1.29 is 8.78 Å². The molecule has 1 atom stereocenters. The molecule has 0 aliphatic carbocycles. The van der Waals surface area contributed by atoms with Crippen molar-refractivity contribution in [3.8, 4) is 0 Å². The Balaban J connectivity index is 2.33. The molecule has 2 rings (SSSR count). The molecular formula is C15H13Br2F2N. The number of benzene rings is 2. The summed E-state index contributed by atoms with van der Waals surface area (Å²) < 4.78 is 29.3. The highest BCUT2D eigenvalue weighted by atomic mass is 79.9. The Morgan fingerprint density at radius 1 is 1.05 bits per heavy atom. The first-order valence-electron chi connectivity index (χ1n) is 6.06. The van der Waals surface area contributed by atoms with Crippen LogP contribution in [0.4, 0.5) is 14.5 Å². The van der Waals surface area contributed by atoms with E-state index in [2.05, 4.69) is 37.2 Å². The highest BCUT2D eigenvalue weighted by molar-refractivity contribution is 9.11. The number of hydrogen-bond acceptors (Lipinski definition) is 1. The minimum absolute atomic E-state index is 0.302. The number of anilines is 1. The van der Waals surface area contributed by atoms with Crippen LogP contribution < -0.4 is 5.32 Å². The van der Waals surface area contributed by atoms with Crippen molar-refractivity contribution in [1.29, 1.82) is 0 Å². The second kappa shape index (κ2) is 6.22. The Labute approximate surface area is 133 Å². The monoisotopic (exact) mass is 403 g/mol. The molecule has 1 nitrogen and oxygen atoms in total. The third-order valence-corrected chi connectivity index (χ3v) is 4.39. The molecule has 1 N–H and O–H groups in total. The summed E-state index contributed by atoms with van der Waals surface area (Å²) in [5.74, 6) is -0.812. The van der Waals surface area contributed by atoms with Crippen LogP contribution in [-0.2, 0) is 0 Å². The van der Waals surface area contributed by atoms with E-state index in [0.717, 1.165) is 14.6 Å². The summed E-state index contributed by atoms with van der Waals surface area (Å²) in [5.41, 5.74) is 1.41. The fraction of sp³-hybridized carbons (Fsp3) is 0.200. The lowest BCUT2D eigenvalue weighted by Gasteiger charge is -2.19. The largest absolute Gasteiger partial charge is 0.377 e. The number of rotatable bonds is 3. The third kappa shape index (κ3) is 3.20. The van der Waals surface area contributed by atoms with Gasteiger partial charge in [0.05, 0.1) is 11.7 Å². The van der Waals surface area contributed by atoms with Crippen molar-refractivity contribution in [3.05, 3.63) is 62.0 Å². The fourth-order valence-electron chi connectivity index (χ4n) is 1.92. The molecule has 0 saturated carbocycles. The lowest BCUT2D eigenvalue weighted by Crippen LogP contribution is -2.10. The van der Waals surface area contributed by atoms with E-state index < -0.39 is 11.6 Å². The van der Waals surface area contributed by atoms with Gasteiger partial charge in [0, 0.05) is 14.5 Å².